The van der Waals surface area contributed by atoms with Crippen molar-refractivity contribution in [1.82, 2.24) is 4.57 Å². The summed E-state index contributed by atoms with van der Waals surface area (Å²) in [5.74, 6) is 0. The summed E-state index contributed by atoms with van der Waals surface area (Å²) in [6.45, 7) is 34.3. The van der Waals surface area contributed by atoms with Crippen LogP contribution in [0.2, 0.25) is 0 Å². The Bertz CT molecular complexity index is 1650. The van der Waals surface area contributed by atoms with Gasteiger partial charge in [0.15, 0.2) is 6.67 Å². The van der Waals surface area contributed by atoms with Gasteiger partial charge in [-0.25, -0.2) is 0 Å². The molecule has 0 saturated heterocycles. The van der Waals surface area contributed by atoms with Gasteiger partial charge >= 0.3 is 0 Å². The van der Waals surface area contributed by atoms with Crippen molar-refractivity contribution in [3.05, 3.63) is 106 Å². The molecule has 4 aromatic heterocycles. The summed E-state index contributed by atoms with van der Waals surface area (Å²) in [6.07, 6.45) is 0. The van der Waals surface area contributed by atoms with Gasteiger partial charge in [0.1, 0.15) is 27.8 Å². The molecule has 6 bridgehead atoms. The van der Waals surface area contributed by atoms with Crippen molar-refractivity contribution >= 4 is 22.3 Å². The standard InChI is InChI=1S/C27H26N4.4C2H6/c1-16-20-7-8-21(28(20)5)17(2)26-13-14-27-19(4)23-10-9-22(29(23)6)18(3)25-12-11-24(16)30(25)15-31(26)27;4*1-2/h7-14H,5-6,15H2,1-4H3;4*1-2H3. The number of hydrogen-bond acceptors (Lipinski definition) is 0. The predicted molar refractivity (Wildman–Crippen MR) is 165 cm³/mol. The second-order valence-electron chi connectivity index (χ2n) is 8.77. The Morgan fingerprint density at radius 1 is 0.590 bits per heavy atom. The maximum absolute atomic E-state index is 4.39. The van der Waals surface area contributed by atoms with Crippen LogP contribution < -0.4 is 34.4 Å². The van der Waals surface area contributed by atoms with Gasteiger partial charge in [0, 0.05) is 5.57 Å². The molecule has 210 valence electrons. The zero-order chi connectivity index (χ0) is 29.6. The van der Waals surface area contributed by atoms with Crippen LogP contribution in [-0.4, -0.2) is 4.57 Å². The highest BCUT2D eigenvalue weighted by atomic mass is 15.2. The number of rotatable bonds is 0. The fourth-order valence-electron chi connectivity index (χ4n) is 5.46. The SMILES string of the molecule is C=[n+]1c2cc[c-]1C(C)=c1ccc3n1C[n+]1c(cc[c-]1C(C)=c1cc[c-]([n+]1=C)C=3C)C=2C.CC.CC.CC.CC. The Labute approximate surface area is 235 Å². The minimum absolute atomic E-state index is 0.758. The second kappa shape index (κ2) is 13.4. The van der Waals surface area contributed by atoms with Crippen LogP contribution in [0.4, 0.5) is 0 Å². The van der Waals surface area contributed by atoms with E-state index in [1.165, 1.54) is 44.4 Å². The molecule has 6 rings (SSSR count). The van der Waals surface area contributed by atoms with Crippen LogP contribution >= 0.6 is 0 Å². The smallest absolute Gasteiger partial charge is 0.199 e. The Kier molecular flexibility index (Phi) is 10.9. The lowest BCUT2D eigenvalue weighted by Gasteiger charge is -2.16. The zero-order valence-corrected chi connectivity index (χ0v) is 26.5. The molecule has 6 heterocycles. The Balaban J connectivity index is 0.000000614. The fourth-order valence-corrected chi connectivity index (χ4v) is 5.46. The largest absolute Gasteiger partial charge is 0.351 e. The second-order valence-corrected chi connectivity index (χ2v) is 8.77. The minimum atomic E-state index is 0.758. The van der Waals surface area contributed by atoms with Crippen LogP contribution in [-0.2, 0) is 6.67 Å². The van der Waals surface area contributed by atoms with Crippen molar-refractivity contribution in [1.29, 1.82) is 0 Å². The highest BCUT2D eigenvalue weighted by molar-refractivity contribution is 5.65. The first kappa shape index (κ1) is 31.6. The molecule has 0 unspecified atom stereocenters. The lowest BCUT2D eigenvalue weighted by molar-refractivity contribution is -0.703. The zero-order valence-electron chi connectivity index (χ0n) is 26.5. The van der Waals surface area contributed by atoms with Crippen molar-refractivity contribution in [3.63, 3.8) is 0 Å². The maximum atomic E-state index is 4.39. The van der Waals surface area contributed by atoms with Crippen LogP contribution in [0.1, 0.15) is 106 Å². The molecule has 0 fully saturated rings. The quantitative estimate of drug-likeness (QED) is 0.245. The molecular weight excluding hydrogens is 476 g/mol. The molecule has 0 saturated carbocycles. The molecule has 0 aliphatic carbocycles. The van der Waals surface area contributed by atoms with E-state index in [0.29, 0.717) is 0 Å². The normalized spacial score (nSPS) is 12.5. The van der Waals surface area contributed by atoms with Crippen molar-refractivity contribution in [2.45, 2.75) is 89.8 Å². The first-order valence-electron chi connectivity index (χ1n) is 14.7. The highest BCUT2D eigenvalue weighted by Gasteiger charge is 2.21. The number of hydrogen-bond donors (Lipinski definition) is 0. The molecule has 0 aromatic carbocycles. The average Bonchev–Trinajstić information content (AvgIpc) is 3.77. The highest BCUT2D eigenvalue weighted by Crippen LogP contribution is 2.16. The van der Waals surface area contributed by atoms with Crippen molar-refractivity contribution in [3.8, 4) is 0 Å². The molecule has 2 aliphatic heterocycles. The van der Waals surface area contributed by atoms with Crippen LogP contribution in [0.15, 0.2) is 48.5 Å². The summed E-state index contributed by atoms with van der Waals surface area (Å²) >= 11 is 0. The first-order valence-corrected chi connectivity index (χ1v) is 14.7. The summed E-state index contributed by atoms with van der Waals surface area (Å²) in [5, 5.41) is 4.73. The summed E-state index contributed by atoms with van der Waals surface area (Å²) in [4.78, 5) is 0. The van der Waals surface area contributed by atoms with E-state index in [-0.39, 0.29) is 0 Å². The maximum Gasteiger partial charge on any atom is 0.199 e. The monoisotopic (exact) mass is 526 g/mol. The molecule has 0 N–H and O–H groups in total. The van der Waals surface area contributed by atoms with Gasteiger partial charge in [0.2, 0.25) is 0 Å². The van der Waals surface area contributed by atoms with Crippen molar-refractivity contribution < 1.29 is 13.1 Å². The van der Waals surface area contributed by atoms with E-state index in [1.807, 2.05) is 55.4 Å². The molecule has 4 nitrogen and oxygen atoms in total. The topological polar surface area (TPSA) is 20.6 Å². The molecule has 4 aromatic rings. The van der Waals surface area contributed by atoms with E-state index in [0.717, 1.165) is 28.8 Å². The Morgan fingerprint density at radius 3 is 1.54 bits per heavy atom. The van der Waals surface area contributed by atoms with E-state index in [2.05, 4.69) is 107 Å². The van der Waals surface area contributed by atoms with Crippen LogP contribution in [0, 0.1) is 13.4 Å². The fraction of sp³-hybridized carbons (Fsp3) is 0.371. The molecule has 0 spiro atoms. The molecule has 0 amide bonds. The van der Waals surface area contributed by atoms with Crippen molar-refractivity contribution in [2.24, 2.45) is 0 Å². The van der Waals surface area contributed by atoms with Gasteiger partial charge in [-0.3, -0.25) is 13.1 Å². The Morgan fingerprint density at radius 2 is 1.03 bits per heavy atom. The minimum Gasteiger partial charge on any atom is -0.351 e. The molecule has 39 heavy (non-hydrogen) atoms. The third-order valence-electron chi connectivity index (χ3n) is 7.28. The van der Waals surface area contributed by atoms with Gasteiger partial charge in [0.25, 0.3) is 0 Å². The first-order chi connectivity index (χ1) is 18.9. The van der Waals surface area contributed by atoms with Gasteiger partial charge < -0.3 is 4.57 Å². The van der Waals surface area contributed by atoms with Crippen LogP contribution in [0.5, 0.6) is 0 Å². The van der Waals surface area contributed by atoms with Crippen LogP contribution in [0.3, 0.4) is 0 Å². The lowest BCUT2D eigenvalue weighted by atomic mass is 10.2. The summed E-state index contributed by atoms with van der Waals surface area (Å²) < 4.78 is 9.04. The Hall–Kier alpha value is -3.66. The third-order valence-corrected chi connectivity index (χ3v) is 7.28. The van der Waals surface area contributed by atoms with E-state index >= 15 is 0 Å². The van der Waals surface area contributed by atoms with E-state index in [9.17, 15) is 0 Å². The average molecular weight is 527 g/mol. The van der Waals surface area contributed by atoms with E-state index < -0.39 is 0 Å². The van der Waals surface area contributed by atoms with Gasteiger partial charge in [-0.15, -0.1) is 0 Å². The van der Waals surface area contributed by atoms with Crippen LogP contribution in [0.25, 0.3) is 22.3 Å². The molecule has 0 radical (unpaired) electrons. The molecule has 0 atom stereocenters. The van der Waals surface area contributed by atoms with Crippen molar-refractivity contribution in [2.75, 3.05) is 0 Å². The van der Waals surface area contributed by atoms with Gasteiger partial charge in [-0.1, -0.05) is 104 Å². The lowest BCUT2D eigenvalue weighted by Crippen LogP contribution is -2.52. The molecule has 4 heteroatoms. The number of aromatic nitrogens is 4. The van der Waals surface area contributed by atoms with Gasteiger partial charge in [-0.05, 0) is 55.1 Å². The van der Waals surface area contributed by atoms with Gasteiger partial charge in [-0.2, -0.15) is 0 Å². The van der Waals surface area contributed by atoms with E-state index in [1.54, 1.807) is 0 Å². The summed E-state index contributed by atoms with van der Waals surface area (Å²) in [7, 11) is 0. The predicted octanol–water partition coefficient (Wildman–Crippen LogP) is 3.90. The third kappa shape index (κ3) is 5.05. The number of fused-ring (bicyclic) bond motifs is 4. The summed E-state index contributed by atoms with van der Waals surface area (Å²) in [5.41, 5.74) is 9.65. The van der Waals surface area contributed by atoms with Gasteiger partial charge in [0.05, 0.1) is 19.1 Å². The van der Waals surface area contributed by atoms with E-state index in [4.69, 9.17) is 0 Å². The summed E-state index contributed by atoms with van der Waals surface area (Å²) in [6, 6.07) is 17.7. The molecular formula is C35H50N4. The number of nitrogens with zero attached hydrogens (tertiary/aromatic N) is 4. The molecule has 2 aliphatic rings.